The van der Waals surface area contributed by atoms with Gasteiger partial charge in [0.05, 0.1) is 11.4 Å². The van der Waals surface area contributed by atoms with Gasteiger partial charge in [-0.1, -0.05) is 18.2 Å². The first kappa shape index (κ1) is 19.4. The van der Waals surface area contributed by atoms with Crippen molar-refractivity contribution in [2.75, 3.05) is 67.6 Å². The Morgan fingerprint density at radius 3 is 1.96 bits per heavy atom. The Kier molecular flexibility index (Phi) is 6.82. The number of nitrogens with zero attached hydrogens (tertiary/aromatic N) is 3. The van der Waals surface area contributed by atoms with Gasteiger partial charge >= 0.3 is 0 Å². The number of para-hydroxylation sites is 1. The third-order valence-corrected chi connectivity index (χ3v) is 5.38. The first-order chi connectivity index (χ1) is 13.1. The van der Waals surface area contributed by atoms with Crippen LogP contribution >= 0.6 is 0 Å². The minimum Gasteiger partial charge on any atom is -0.399 e. The third-order valence-electron chi connectivity index (χ3n) is 5.38. The molecule has 2 aliphatic rings. The smallest absolute Gasteiger partial charge is 0.0620 e. The van der Waals surface area contributed by atoms with Gasteiger partial charge in [0.15, 0.2) is 0 Å². The number of piperidine rings is 1. The van der Waals surface area contributed by atoms with Crippen molar-refractivity contribution >= 4 is 22.7 Å². The summed E-state index contributed by atoms with van der Waals surface area (Å²) in [4.78, 5) is 7.32. The van der Waals surface area contributed by atoms with Crippen LogP contribution in [0, 0.1) is 0 Å². The number of hydrogen-bond acceptors (Lipinski definition) is 5. The van der Waals surface area contributed by atoms with Crippen LogP contribution in [0.15, 0.2) is 48.5 Å². The first-order valence-corrected chi connectivity index (χ1v) is 10.0. The van der Waals surface area contributed by atoms with E-state index in [1.807, 2.05) is 30.3 Å². The highest BCUT2D eigenvalue weighted by molar-refractivity contribution is 5.73. The van der Waals surface area contributed by atoms with Crippen LogP contribution in [-0.2, 0) is 0 Å². The quantitative estimate of drug-likeness (QED) is 0.798. The van der Waals surface area contributed by atoms with Crippen LogP contribution in [0.5, 0.6) is 0 Å². The normalized spacial score (nSPS) is 18.0. The van der Waals surface area contributed by atoms with E-state index in [4.69, 9.17) is 11.5 Å². The Balaban J connectivity index is 0.000000253. The molecular formula is C22H33N5. The van der Waals surface area contributed by atoms with Crippen LogP contribution in [0.1, 0.15) is 19.3 Å². The molecule has 4 rings (SSSR count). The second-order valence-electron chi connectivity index (χ2n) is 7.49. The summed E-state index contributed by atoms with van der Waals surface area (Å²) in [6.45, 7) is 6.80. The van der Waals surface area contributed by atoms with Crippen LogP contribution in [0.25, 0.3) is 0 Å². The predicted octanol–water partition coefficient (Wildman–Crippen LogP) is 3.28. The van der Waals surface area contributed by atoms with E-state index in [0.29, 0.717) is 0 Å². The molecule has 0 spiro atoms. The summed E-state index contributed by atoms with van der Waals surface area (Å²) in [6, 6.07) is 16.0. The van der Waals surface area contributed by atoms with Crippen LogP contribution in [0.3, 0.4) is 0 Å². The van der Waals surface area contributed by atoms with E-state index in [0.717, 1.165) is 50.6 Å². The van der Waals surface area contributed by atoms with Crippen molar-refractivity contribution in [1.82, 2.24) is 4.90 Å². The maximum atomic E-state index is 6.20. The Morgan fingerprint density at radius 2 is 1.37 bits per heavy atom. The lowest BCUT2D eigenvalue weighted by Gasteiger charge is -2.35. The van der Waals surface area contributed by atoms with Crippen molar-refractivity contribution in [3.8, 4) is 0 Å². The van der Waals surface area contributed by atoms with Crippen molar-refractivity contribution in [3.63, 3.8) is 0 Å². The highest BCUT2D eigenvalue weighted by atomic mass is 15.2. The topological polar surface area (TPSA) is 61.8 Å². The molecule has 0 radical (unpaired) electrons. The molecule has 0 bridgehead atoms. The number of piperazine rings is 1. The van der Waals surface area contributed by atoms with E-state index >= 15 is 0 Å². The van der Waals surface area contributed by atoms with Gasteiger partial charge in [-0.15, -0.1) is 0 Å². The van der Waals surface area contributed by atoms with Gasteiger partial charge in [-0.25, -0.2) is 0 Å². The van der Waals surface area contributed by atoms with Gasteiger partial charge in [-0.2, -0.15) is 0 Å². The first-order valence-electron chi connectivity index (χ1n) is 10.0. The minimum absolute atomic E-state index is 0.822. The summed E-state index contributed by atoms with van der Waals surface area (Å²) >= 11 is 0. The number of benzene rings is 2. The number of nitrogen functional groups attached to an aromatic ring is 2. The minimum atomic E-state index is 0.822. The number of anilines is 4. The molecule has 5 nitrogen and oxygen atoms in total. The SMILES string of the molecule is CN1CCN(c2ccc(N)c(N3CCCCC3)c2)CC1.Nc1ccccc1. The lowest BCUT2D eigenvalue weighted by molar-refractivity contribution is 0.313. The summed E-state index contributed by atoms with van der Waals surface area (Å²) in [5.41, 5.74) is 15.9. The number of rotatable bonds is 2. The number of likely N-dealkylation sites (N-methyl/N-ethyl adjacent to an activating group) is 1. The van der Waals surface area contributed by atoms with E-state index in [1.165, 1.54) is 30.6 Å². The molecule has 0 atom stereocenters. The van der Waals surface area contributed by atoms with Crippen molar-refractivity contribution < 1.29 is 0 Å². The summed E-state index contributed by atoms with van der Waals surface area (Å²) in [6.07, 6.45) is 3.94. The highest BCUT2D eigenvalue weighted by Crippen LogP contribution is 2.31. The van der Waals surface area contributed by atoms with Crippen LogP contribution in [0.4, 0.5) is 22.7 Å². The average Bonchev–Trinajstić information content (AvgIpc) is 2.71. The van der Waals surface area contributed by atoms with Crippen molar-refractivity contribution in [2.45, 2.75) is 19.3 Å². The summed E-state index contributed by atoms with van der Waals surface area (Å²) < 4.78 is 0. The van der Waals surface area contributed by atoms with Gasteiger partial charge in [-0.3, -0.25) is 0 Å². The zero-order valence-electron chi connectivity index (χ0n) is 16.5. The Labute approximate surface area is 163 Å². The fraction of sp³-hybridized carbons (Fsp3) is 0.455. The van der Waals surface area contributed by atoms with E-state index in [9.17, 15) is 0 Å². The monoisotopic (exact) mass is 367 g/mol. The van der Waals surface area contributed by atoms with Crippen molar-refractivity contribution in [3.05, 3.63) is 48.5 Å². The zero-order valence-corrected chi connectivity index (χ0v) is 16.5. The van der Waals surface area contributed by atoms with Gasteiger partial charge < -0.3 is 26.2 Å². The van der Waals surface area contributed by atoms with E-state index in [1.54, 1.807) is 0 Å². The Bertz CT molecular complexity index is 689. The summed E-state index contributed by atoms with van der Waals surface area (Å²) in [5, 5.41) is 0. The molecule has 4 N–H and O–H groups in total. The van der Waals surface area contributed by atoms with E-state index in [2.05, 4.69) is 39.9 Å². The average molecular weight is 368 g/mol. The second kappa shape index (κ2) is 9.51. The van der Waals surface area contributed by atoms with Gasteiger partial charge in [0.2, 0.25) is 0 Å². The molecule has 2 fully saturated rings. The van der Waals surface area contributed by atoms with Gasteiger partial charge in [0, 0.05) is 50.6 Å². The largest absolute Gasteiger partial charge is 0.399 e. The molecule has 2 aliphatic heterocycles. The molecule has 27 heavy (non-hydrogen) atoms. The van der Waals surface area contributed by atoms with Crippen LogP contribution in [0.2, 0.25) is 0 Å². The lowest BCUT2D eigenvalue weighted by Crippen LogP contribution is -2.44. The number of hydrogen-bond donors (Lipinski definition) is 2. The maximum absolute atomic E-state index is 6.20. The van der Waals surface area contributed by atoms with Crippen LogP contribution < -0.4 is 21.3 Å². The highest BCUT2D eigenvalue weighted by Gasteiger charge is 2.18. The van der Waals surface area contributed by atoms with Gasteiger partial charge in [-0.05, 0) is 56.6 Å². The molecule has 5 heteroatoms. The van der Waals surface area contributed by atoms with Crippen molar-refractivity contribution in [2.24, 2.45) is 0 Å². The molecular weight excluding hydrogens is 334 g/mol. The molecule has 2 heterocycles. The molecule has 2 aromatic rings. The molecule has 146 valence electrons. The summed E-state index contributed by atoms with van der Waals surface area (Å²) in [7, 11) is 2.19. The summed E-state index contributed by atoms with van der Waals surface area (Å²) in [5.74, 6) is 0. The lowest BCUT2D eigenvalue weighted by atomic mass is 10.1. The van der Waals surface area contributed by atoms with Crippen LogP contribution in [-0.4, -0.2) is 51.2 Å². The van der Waals surface area contributed by atoms with E-state index in [-0.39, 0.29) is 0 Å². The van der Waals surface area contributed by atoms with E-state index < -0.39 is 0 Å². The Hall–Kier alpha value is -2.40. The fourth-order valence-electron chi connectivity index (χ4n) is 3.66. The maximum Gasteiger partial charge on any atom is 0.0620 e. The second-order valence-corrected chi connectivity index (χ2v) is 7.49. The van der Waals surface area contributed by atoms with Gasteiger partial charge in [0.1, 0.15) is 0 Å². The zero-order chi connectivity index (χ0) is 19.1. The molecule has 0 unspecified atom stereocenters. The molecule has 0 aliphatic carbocycles. The number of nitrogens with two attached hydrogens (primary N) is 2. The fourth-order valence-corrected chi connectivity index (χ4v) is 3.66. The standard InChI is InChI=1S/C16H26N4.C6H7N/c1-18-9-11-19(12-10-18)14-5-6-15(17)16(13-14)20-7-3-2-4-8-20;7-6-4-2-1-3-5-6/h5-6,13H,2-4,7-12,17H2,1H3;1-5H,7H2. The molecule has 2 aromatic carbocycles. The third kappa shape index (κ3) is 5.54. The predicted molar refractivity (Wildman–Crippen MR) is 117 cm³/mol. The molecule has 2 saturated heterocycles. The molecule has 0 amide bonds. The Morgan fingerprint density at radius 1 is 0.704 bits per heavy atom. The van der Waals surface area contributed by atoms with Crippen molar-refractivity contribution in [1.29, 1.82) is 0 Å². The molecule has 0 saturated carbocycles. The molecule has 0 aromatic heterocycles. The van der Waals surface area contributed by atoms with Gasteiger partial charge in [0.25, 0.3) is 0 Å².